The third-order valence-corrected chi connectivity index (χ3v) is 4.44. The summed E-state index contributed by atoms with van der Waals surface area (Å²) in [6.07, 6.45) is 8.75. The van der Waals surface area contributed by atoms with Crippen LogP contribution in [0.15, 0.2) is 36.9 Å². The predicted molar refractivity (Wildman–Crippen MR) is 94.4 cm³/mol. The van der Waals surface area contributed by atoms with Crippen molar-refractivity contribution in [3.05, 3.63) is 53.7 Å². The molecule has 3 aromatic rings. The van der Waals surface area contributed by atoms with Crippen LogP contribution in [-0.4, -0.2) is 24.9 Å². The monoisotopic (exact) mass is 324 g/mol. The van der Waals surface area contributed by atoms with E-state index in [4.69, 9.17) is 0 Å². The average Bonchev–Trinajstić information content (AvgIpc) is 3.00. The molecule has 0 aromatic carbocycles. The molecular weight excluding hydrogens is 300 g/mol. The fraction of sp³-hybridized carbons (Fsp3) is 0.421. The molecule has 1 fully saturated rings. The van der Waals surface area contributed by atoms with Gasteiger partial charge in [0.05, 0.1) is 24.0 Å². The number of carbonyl (C=O) groups is 1. The van der Waals surface area contributed by atoms with Gasteiger partial charge in [-0.3, -0.25) is 9.48 Å². The Kier molecular flexibility index (Phi) is 4.51. The van der Waals surface area contributed by atoms with E-state index in [1.54, 1.807) is 24.0 Å². The third kappa shape index (κ3) is 3.25. The van der Waals surface area contributed by atoms with Gasteiger partial charge in [-0.1, -0.05) is 20.8 Å². The van der Waals surface area contributed by atoms with Crippen molar-refractivity contribution in [3.63, 3.8) is 0 Å². The van der Waals surface area contributed by atoms with Crippen LogP contribution in [0.25, 0.3) is 5.65 Å². The van der Waals surface area contributed by atoms with Gasteiger partial charge in [-0.2, -0.15) is 5.10 Å². The summed E-state index contributed by atoms with van der Waals surface area (Å²) >= 11 is 0. The van der Waals surface area contributed by atoms with E-state index in [-0.39, 0.29) is 5.78 Å². The van der Waals surface area contributed by atoms with E-state index in [1.807, 2.05) is 24.4 Å². The molecule has 2 unspecified atom stereocenters. The average molecular weight is 324 g/mol. The molecule has 0 bridgehead atoms. The Bertz CT molecular complexity index is 861. The second-order valence-corrected chi connectivity index (χ2v) is 6.26. The fourth-order valence-corrected chi connectivity index (χ4v) is 2.94. The van der Waals surface area contributed by atoms with Crippen LogP contribution in [0, 0.1) is 5.92 Å². The molecule has 24 heavy (non-hydrogen) atoms. The number of nitrogens with zero attached hydrogens (tertiary/aromatic N) is 4. The summed E-state index contributed by atoms with van der Waals surface area (Å²) in [5.41, 5.74) is 3.94. The number of hydrogen-bond donors (Lipinski definition) is 0. The minimum atomic E-state index is 0.0319. The number of ketones is 1. The zero-order valence-electron chi connectivity index (χ0n) is 14.7. The molecule has 5 nitrogen and oxygen atoms in total. The van der Waals surface area contributed by atoms with Crippen LogP contribution >= 0.6 is 0 Å². The molecule has 0 saturated heterocycles. The van der Waals surface area contributed by atoms with Gasteiger partial charge >= 0.3 is 0 Å². The van der Waals surface area contributed by atoms with Crippen molar-refractivity contribution in [2.45, 2.75) is 46.6 Å². The Hall–Kier alpha value is -2.43. The highest BCUT2D eigenvalue weighted by molar-refractivity contribution is 5.93. The Morgan fingerprint density at radius 2 is 2.08 bits per heavy atom. The molecule has 1 aliphatic rings. The van der Waals surface area contributed by atoms with Gasteiger partial charge in [-0.25, -0.2) is 4.98 Å². The Morgan fingerprint density at radius 3 is 2.71 bits per heavy atom. The SMILES string of the molecule is CC.CC(=O)c1cnn(Cc2cn3ccc(C4CC4C)cc3n2)c1. The maximum atomic E-state index is 11.3. The van der Waals surface area contributed by atoms with Crippen LogP contribution in [-0.2, 0) is 6.54 Å². The Morgan fingerprint density at radius 1 is 1.33 bits per heavy atom. The van der Waals surface area contributed by atoms with Gasteiger partial charge in [0, 0.05) is 18.6 Å². The number of Topliss-reactive ketones (excluding diaryl/α,β-unsaturated/α-hetero) is 1. The normalized spacial score (nSPS) is 19.0. The topological polar surface area (TPSA) is 52.2 Å². The number of fused-ring (bicyclic) bond motifs is 1. The van der Waals surface area contributed by atoms with Crippen LogP contribution < -0.4 is 0 Å². The standard InChI is InChI=1S/C17H18N4O.C2H6/c1-11-5-16(11)13-3-4-20-9-15(19-17(20)6-13)10-21-8-14(7-18-21)12(2)22;1-2/h3-4,6-9,11,16H,5,10H2,1-2H3;1-2H3. The van der Waals surface area contributed by atoms with Crippen molar-refractivity contribution in [1.82, 2.24) is 19.2 Å². The first-order valence-electron chi connectivity index (χ1n) is 8.61. The number of pyridine rings is 1. The second kappa shape index (κ2) is 6.59. The smallest absolute Gasteiger partial charge is 0.162 e. The fourth-order valence-electron chi connectivity index (χ4n) is 2.94. The predicted octanol–water partition coefficient (Wildman–Crippen LogP) is 3.93. The lowest BCUT2D eigenvalue weighted by Crippen LogP contribution is -2.00. The first-order chi connectivity index (χ1) is 11.6. The van der Waals surface area contributed by atoms with E-state index in [1.165, 1.54) is 12.0 Å². The molecule has 3 aromatic heterocycles. The molecule has 2 atom stereocenters. The van der Waals surface area contributed by atoms with Crippen LogP contribution in [0.2, 0.25) is 0 Å². The van der Waals surface area contributed by atoms with Crippen molar-refractivity contribution < 1.29 is 4.79 Å². The van der Waals surface area contributed by atoms with Gasteiger partial charge in [-0.15, -0.1) is 0 Å². The minimum Gasteiger partial charge on any atom is -0.307 e. The molecule has 0 spiro atoms. The first-order valence-corrected chi connectivity index (χ1v) is 8.61. The van der Waals surface area contributed by atoms with Gasteiger partial charge in [0.25, 0.3) is 0 Å². The molecule has 3 heterocycles. The number of hydrogen-bond acceptors (Lipinski definition) is 3. The molecule has 5 heteroatoms. The lowest BCUT2D eigenvalue weighted by atomic mass is 10.1. The van der Waals surface area contributed by atoms with Gasteiger partial charge in [0.2, 0.25) is 0 Å². The summed E-state index contributed by atoms with van der Waals surface area (Å²) in [5.74, 6) is 1.53. The van der Waals surface area contributed by atoms with Crippen LogP contribution in [0.5, 0.6) is 0 Å². The number of carbonyl (C=O) groups excluding carboxylic acids is 1. The summed E-state index contributed by atoms with van der Waals surface area (Å²) in [6, 6.07) is 4.37. The van der Waals surface area contributed by atoms with Gasteiger partial charge in [-0.05, 0) is 42.9 Å². The highest BCUT2D eigenvalue weighted by Gasteiger charge is 2.34. The number of imidazole rings is 1. The van der Waals surface area contributed by atoms with Crippen LogP contribution in [0.4, 0.5) is 0 Å². The van der Waals surface area contributed by atoms with Crippen molar-refractivity contribution in [2.24, 2.45) is 5.92 Å². The molecule has 0 radical (unpaired) electrons. The van der Waals surface area contributed by atoms with Crippen molar-refractivity contribution in [2.75, 3.05) is 0 Å². The molecular formula is C19H24N4O. The van der Waals surface area contributed by atoms with Gasteiger partial charge in [0.1, 0.15) is 5.65 Å². The molecule has 0 amide bonds. The van der Waals surface area contributed by atoms with Crippen LogP contribution in [0.3, 0.4) is 0 Å². The molecule has 4 rings (SSSR count). The second-order valence-electron chi connectivity index (χ2n) is 6.26. The highest BCUT2D eigenvalue weighted by atomic mass is 16.1. The summed E-state index contributed by atoms with van der Waals surface area (Å²) in [5, 5.41) is 4.22. The lowest BCUT2D eigenvalue weighted by molar-refractivity contribution is 0.101. The van der Waals surface area contributed by atoms with Gasteiger partial charge in [0.15, 0.2) is 5.78 Å². The van der Waals surface area contributed by atoms with Crippen molar-refractivity contribution in [1.29, 1.82) is 0 Å². The maximum absolute atomic E-state index is 11.3. The number of aromatic nitrogens is 4. The van der Waals surface area contributed by atoms with Gasteiger partial charge < -0.3 is 4.40 Å². The molecule has 126 valence electrons. The zero-order chi connectivity index (χ0) is 17.3. The van der Waals surface area contributed by atoms with E-state index in [0.717, 1.165) is 17.3 Å². The van der Waals surface area contributed by atoms with E-state index in [9.17, 15) is 4.79 Å². The van der Waals surface area contributed by atoms with E-state index < -0.39 is 0 Å². The van der Waals surface area contributed by atoms with E-state index in [0.29, 0.717) is 18.0 Å². The molecule has 0 aliphatic heterocycles. The molecule has 0 N–H and O–H groups in total. The largest absolute Gasteiger partial charge is 0.307 e. The molecule has 1 saturated carbocycles. The number of rotatable bonds is 4. The third-order valence-electron chi connectivity index (χ3n) is 4.44. The van der Waals surface area contributed by atoms with E-state index in [2.05, 4.69) is 35.3 Å². The lowest BCUT2D eigenvalue weighted by Gasteiger charge is -1.99. The summed E-state index contributed by atoms with van der Waals surface area (Å²) < 4.78 is 3.80. The minimum absolute atomic E-state index is 0.0319. The Labute approximate surface area is 142 Å². The molecule has 1 aliphatic carbocycles. The summed E-state index contributed by atoms with van der Waals surface area (Å²) in [4.78, 5) is 16.0. The highest BCUT2D eigenvalue weighted by Crippen LogP contribution is 2.46. The van der Waals surface area contributed by atoms with Crippen molar-refractivity contribution >= 4 is 11.4 Å². The summed E-state index contributed by atoms with van der Waals surface area (Å²) in [6.45, 7) is 8.41. The first kappa shape index (κ1) is 16.4. The Balaban J connectivity index is 0.000000815. The maximum Gasteiger partial charge on any atom is 0.162 e. The van der Waals surface area contributed by atoms with Crippen molar-refractivity contribution in [3.8, 4) is 0 Å². The summed E-state index contributed by atoms with van der Waals surface area (Å²) in [7, 11) is 0. The van der Waals surface area contributed by atoms with Crippen LogP contribution in [0.1, 0.15) is 61.6 Å². The van der Waals surface area contributed by atoms with E-state index >= 15 is 0 Å². The zero-order valence-corrected chi connectivity index (χ0v) is 14.7. The quantitative estimate of drug-likeness (QED) is 0.683.